The van der Waals surface area contributed by atoms with E-state index in [0.29, 0.717) is 21.8 Å². The Morgan fingerprint density at radius 3 is 2.70 bits per heavy atom. The van der Waals surface area contributed by atoms with Crippen LogP contribution in [-0.2, 0) is 0 Å². The smallest absolute Gasteiger partial charge is 0.183 e. The zero-order chi connectivity index (χ0) is 19.0. The highest BCUT2D eigenvalue weighted by atomic mass is 32.1. The Morgan fingerprint density at radius 1 is 1.11 bits per heavy atom. The van der Waals surface area contributed by atoms with Crippen molar-refractivity contribution in [1.29, 1.82) is 0 Å². The maximum absolute atomic E-state index is 13.9. The predicted octanol–water partition coefficient (Wildman–Crippen LogP) is 5.19. The summed E-state index contributed by atoms with van der Waals surface area (Å²) in [6.45, 7) is 1.87. The van der Waals surface area contributed by atoms with E-state index in [2.05, 4.69) is 15.3 Å². The quantitative estimate of drug-likeness (QED) is 0.509. The summed E-state index contributed by atoms with van der Waals surface area (Å²) >= 11 is 1.40. The summed E-state index contributed by atoms with van der Waals surface area (Å²) in [4.78, 5) is 8.61. The van der Waals surface area contributed by atoms with E-state index < -0.39 is 17.7 Å². The average molecular weight is 383 g/mol. The minimum absolute atomic E-state index is 0.0105. The predicted molar refractivity (Wildman–Crippen MR) is 102 cm³/mol. The van der Waals surface area contributed by atoms with E-state index in [-0.39, 0.29) is 5.75 Å². The van der Waals surface area contributed by atoms with Gasteiger partial charge in [-0.05, 0) is 30.7 Å². The fraction of sp³-hybridized carbons (Fsp3) is 0.100. The number of anilines is 1. The molecule has 0 aliphatic carbocycles. The highest BCUT2D eigenvalue weighted by Gasteiger charge is 2.22. The largest absolute Gasteiger partial charge is 0.505 e. The Kier molecular flexibility index (Phi) is 4.45. The first-order chi connectivity index (χ1) is 13.0. The molecule has 2 N–H and O–H groups in total. The topological polar surface area (TPSA) is 58.0 Å². The van der Waals surface area contributed by atoms with Gasteiger partial charge in [0.25, 0.3) is 0 Å². The number of aromatic hydroxyl groups is 1. The second kappa shape index (κ2) is 6.92. The van der Waals surface area contributed by atoms with Gasteiger partial charge >= 0.3 is 0 Å². The van der Waals surface area contributed by atoms with Gasteiger partial charge in [0, 0.05) is 22.5 Å². The van der Waals surface area contributed by atoms with Gasteiger partial charge in [-0.1, -0.05) is 24.3 Å². The third-order valence-corrected chi connectivity index (χ3v) is 5.15. The number of benzene rings is 2. The number of fused-ring (bicyclic) bond motifs is 1. The number of thiazole rings is 1. The van der Waals surface area contributed by atoms with Crippen molar-refractivity contribution >= 4 is 27.4 Å². The first-order valence-corrected chi connectivity index (χ1v) is 9.11. The molecular weight excluding hydrogens is 368 g/mol. The number of hydrogen-bond acceptors (Lipinski definition) is 5. The number of nitrogens with zero attached hydrogens (tertiary/aromatic N) is 2. The molecule has 7 heteroatoms. The van der Waals surface area contributed by atoms with Crippen molar-refractivity contribution in [3.8, 4) is 5.75 Å². The monoisotopic (exact) mass is 383 g/mol. The summed E-state index contributed by atoms with van der Waals surface area (Å²) in [5.74, 6) is -1.89. The van der Waals surface area contributed by atoms with Crippen molar-refractivity contribution in [2.24, 2.45) is 0 Å². The molecule has 136 valence electrons. The Bertz CT molecular complexity index is 1130. The molecule has 0 saturated carbocycles. The van der Waals surface area contributed by atoms with E-state index in [4.69, 9.17) is 0 Å². The van der Waals surface area contributed by atoms with Gasteiger partial charge in [0.15, 0.2) is 16.8 Å². The van der Waals surface area contributed by atoms with Crippen LogP contribution in [0.5, 0.6) is 5.75 Å². The second-order valence-electron chi connectivity index (χ2n) is 6.12. The minimum Gasteiger partial charge on any atom is -0.505 e. The molecular formula is C20H15F2N3OS. The standard InChI is InChI=1S/C20H15F2N3OS/c1-11-10-27-20(24-11)25-17(13-5-7-15(21)16(22)9-13)14-6-4-12-3-2-8-23-18(12)19(14)26/h2-10,17,26H,1H3,(H,24,25). The summed E-state index contributed by atoms with van der Waals surface area (Å²) in [5, 5.41) is 17.3. The van der Waals surface area contributed by atoms with Crippen LogP contribution in [0.2, 0.25) is 0 Å². The molecule has 27 heavy (non-hydrogen) atoms. The van der Waals surface area contributed by atoms with Gasteiger partial charge in [0.1, 0.15) is 11.3 Å². The van der Waals surface area contributed by atoms with Crippen molar-refractivity contribution in [3.63, 3.8) is 0 Å². The Balaban J connectivity index is 1.86. The third kappa shape index (κ3) is 3.33. The van der Waals surface area contributed by atoms with Crippen LogP contribution in [0.15, 0.2) is 54.0 Å². The van der Waals surface area contributed by atoms with Crippen molar-refractivity contribution < 1.29 is 13.9 Å². The van der Waals surface area contributed by atoms with E-state index in [0.717, 1.165) is 23.2 Å². The zero-order valence-corrected chi connectivity index (χ0v) is 15.1. The third-order valence-electron chi connectivity index (χ3n) is 4.25. The number of phenolic OH excluding ortho intramolecular Hbond substituents is 1. The van der Waals surface area contributed by atoms with Crippen LogP contribution >= 0.6 is 11.3 Å². The van der Waals surface area contributed by atoms with Crippen molar-refractivity contribution in [3.05, 3.63) is 82.5 Å². The minimum atomic E-state index is -0.951. The van der Waals surface area contributed by atoms with E-state index in [1.54, 1.807) is 18.3 Å². The molecule has 2 aromatic carbocycles. The van der Waals surface area contributed by atoms with Gasteiger partial charge in [-0.3, -0.25) is 4.98 Å². The first-order valence-electron chi connectivity index (χ1n) is 8.23. The van der Waals surface area contributed by atoms with E-state index in [1.165, 1.54) is 17.4 Å². The summed E-state index contributed by atoms with van der Waals surface area (Å²) in [6.07, 6.45) is 1.59. The number of aryl methyl sites for hydroxylation is 1. The van der Waals surface area contributed by atoms with Crippen molar-refractivity contribution in [2.45, 2.75) is 13.0 Å². The lowest BCUT2D eigenvalue weighted by molar-refractivity contribution is 0.471. The number of halogens is 2. The lowest BCUT2D eigenvalue weighted by Gasteiger charge is -2.21. The molecule has 4 aromatic rings. The number of nitrogens with one attached hydrogen (secondary N) is 1. The Hall–Kier alpha value is -3.06. The van der Waals surface area contributed by atoms with Gasteiger partial charge < -0.3 is 10.4 Å². The number of rotatable bonds is 4. The molecule has 0 amide bonds. The van der Waals surface area contributed by atoms with Crippen LogP contribution in [-0.4, -0.2) is 15.1 Å². The summed E-state index contributed by atoms with van der Waals surface area (Å²) in [5.41, 5.74) is 2.25. The molecule has 4 nitrogen and oxygen atoms in total. The van der Waals surface area contributed by atoms with E-state index in [1.807, 2.05) is 24.4 Å². The molecule has 0 bridgehead atoms. The molecule has 2 heterocycles. The molecule has 4 rings (SSSR count). The number of aromatic nitrogens is 2. The van der Waals surface area contributed by atoms with Crippen LogP contribution in [0, 0.1) is 18.6 Å². The maximum Gasteiger partial charge on any atom is 0.183 e. The lowest BCUT2D eigenvalue weighted by Crippen LogP contribution is -2.13. The first kappa shape index (κ1) is 17.4. The molecule has 2 aromatic heterocycles. The van der Waals surface area contributed by atoms with Crippen molar-refractivity contribution in [2.75, 3.05) is 5.32 Å². The van der Waals surface area contributed by atoms with E-state index >= 15 is 0 Å². The van der Waals surface area contributed by atoms with Gasteiger partial charge in [-0.15, -0.1) is 11.3 Å². The van der Waals surface area contributed by atoms with Crippen LogP contribution in [0.25, 0.3) is 10.9 Å². The molecule has 0 aliphatic heterocycles. The van der Waals surface area contributed by atoms with E-state index in [9.17, 15) is 13.9 Å². The highest BCUT2D eigenvalue weighted by Crippen LogP contribution is 2.37. The second-order valence-corrected chi connectivity index (χ2v) is 6.98. The fourth-order valence-electron chi connectivity index (χ4n) is 2.95. The molecule has 0 radical (unpaired) electrons. The number of phenols is 1. The SMILES string of the molecule is Cc1csc(NC(c2ccc(F)c(F)c2)c2ccc3cccnc3c2O)n1. The van der Waals surface area contributed by atoms with Gasteiger partial charge in [0.2, 0.25) is 0 Å². The molecule has 1 atom stereocenters. The van der Waals surface area contributed by atoms with Gasteiger partial charge in [0.05, 0.1) is 11.7 Å². The van der Waals surface area contributed by atoms with Gasteiger partial charge in [-0.25, -0.2) is 13.8 Å². The number of hydrogen-bond donors (Lipinski definition) is 2. The van der Waals surface area contributed by atoms with Crippen LogP contribution < -0.4 is 5.32 Å². The zero-order valence-electron chi connectivity index (χ0n) is 14.3. The Morgan fingerprint density at radius 2 is 1.96 bits per heavy atom. The van der Waals surface area contributed by atoms with Gasteiger partial charge in [-0.2, -0.15) is 0 Å². The normalized spacial score (nSPS) is 12.3. The van der Waals surface area contributed by atoms with Crippen LogP contribution in [0.3, 0.4) is 0 Å². The van der Waals surface area contributed by atoms with Crippen LogP contribution in [0.1, 0.15) is 22.9 Å². The summed E-state index contributed by atoms with van der Waals surface area (Å²) in [7, 11) is 0. The highest BCUT2D eigenvalue weighted by molar-refractivity contribution is 7.13. The number of pyridine rings is 1. The molecule has 0 aliphatic rings. The Labute approximate surface area is 158 Å². The van der Waals surface area contributed by atoms with Crippen LogP contribution in [0.4, 0.5) is 13.9 Å². The summed E-state index contributed by atoms with van der Waals surface area (Å²) < 4.78 is 27.3. The average Bonchev–Trinajstić information content (AvgIpc) is 3.08. The van der Waals surface area contributed by atoms with Crippen molar-refractivity contribution in [1.82, 2.24) is 9.97 Å². The summed E-state index contributed by atoms with van der Waals surface area (Å²) in [6, 6.07) is 10.3. The fourth-order valence-corrected chi connectivity index (χ4v) is 3.67. The maximum atomic E-state index is 13.9. The molecule has 0 fully saturated rings. The molecule has 1 unspecified atom stereocenters. The lowest BCUT2D eigenvalue weighted by atomic mass is 9.96. The molecule has 0 spiro atoms. The molecule has 0 saturated heterocycles.